The second kappa shape index (κ2) is 4.34. The van der Waals surface area contributed by atoms with E-state index in [2.05, 4.69) is 0 Å². The van der Waals surface area contributed by atoms with Crippen molar-refractivity contribution in [1.82, 2.24) is 0 Å². The third-order valence-electron chi connectivity index (χ3n) is 2.64. The molecule has 1 saturated carbocycles. The van der Waals surface area contributed by atoms with E-state index in [-0.39, 0.29) is 0 Å². The third-order valence-corrected chi connectivity index (χ3v) is 2.94. The summed E-state index contributed by atoms with van der Waals surface area (Å²) in [5.74, 6) is -0.759. The van der Waals surface area contributed by atoms with Crippen LogP contribution in [-0.2, 0) is 4.79 Å². The van der Waals surface area contributed by atoms with Crippen molar-refractivity contribution in [3.05, 3.63) is 28.8 Å². The van der Waals surface area contributed by atoms with E-state index in [4.69, 9.17) is 21.4 Å². The zero-order valence-electron chi connectivity index (χ0n) is 8.94. The zero-order chi connectivity index (χ0) is 11.7. The van der Waals surface area contributed by atoms with E-state index in [0.717, 1.165) is 12.8 Å². The summed E-state index contributed by atoms with van der Waals surface area (Å²) < 4.78 is 5.57. The first-order valence-corrected chi connectivity index (χ1v) is 5.64. The minimum atomic E-state index is -0.855. The first kappa shape index (κ1) is 11.3. The quantitative estimate of drug-likeness (QED) is 0.880. The van der Waals surface area contributed by atoms with Crippen molar-refractivity contribution >= 4 is 17.6 Å². The lowest BCUT2D eigenvalue weighted by Gasteiger charge is -2.10. The highest BCUT2D eigenvalue weighted by atomic mass is 35.5. The van der Waals surface area contributed by atoms with E-state index in [1.807, 2.05) is 0 Å². The van der Waals surface area contributed by atoms with Gasteiger partial charge in [-0.2, -0.15) is 0 Å². The van der Waals surface area contributed by atoms with Gasteiger partial charge < -0.3 is 9.84 Å². The molecular formula is C12H13ClO3. The molecule has 0 aromatic heterocycles. The molecule has 0 bridgehead atoms. The Hall–Kier alpha value is -1.22. The molecule has 1 N–H and O–H groups in total. The smallest absolute Gasteiger partial charge is 0.310 e. The number of aliphatic carboxylic acids is 1. The topological polar surface area (TPSA) is 46.5 Å². The Kier molecular flexibility index (Phi) is 3.06. The second-order valence-electron chi connectivity index (χ2n) is 4.07. The summed E-state index contributed by atoms with van der Waals surface area (Å²) in [6.07, 6.45) is 2.44. The molecule has 1 fully saturated rings. The van der Waals surface area contributed by atoms with Gasteiger partial charge in [-0.1, -0.05) is 17.7 Å². The van der Waals surface area contributed by atoms with Gasteiger partial charge in [-0.05, 0) is 37.5 Å². The Balaban J connectivity index is 2.17. The summed E-state index contributed by atoms with van der Waals surface area (Å²) in [6, 6.07) is 5.16. The van der Waals surface area contributed by atoms with Crippen LogP contribution >= 0.6 is 11.6 Å². The van der Waals surface area contributed by atoms with E-state index < -0.39 is 11.9 Å². The maximum Gasteiger partial charge on any atom is 0.310 e. The fraction of sp³-hybridized carbons (Fsp3) is 0.417. The van der Waals surface area contributed by atoms with Gasteiger partial charge in [0.15, 0.2) is 0 Å². The standard InChI is InChI=1S/C12H13ClO3/c1-7(12(14)15)8-2-5-11(10(13)6-8)16-9-3-4-9/h2,5-7,9H,3-4H2,1H3,(H,14,15). The van der Waals surface area contributed by atoms with Gasteiger partial charge in [0.1, 0.15) is 5.75 Å². The van der Waals surface area contributed by atoms with Crippen LogP contribution in [0.3, 0.4) is 0 Å². The van der Waals surface area contributed by atoms with Crippen molar-refractivity contribution in [2.24, 2.45) is 0 Å². The van der Waals surface area contributed by atoms with Gasteiger partial charge in [0, 0.05) is 0 Å². The fourth-order valence-corrected chi connectivity index (χ4v) is 1.62. The van der Waals surface area contributed by atoms with Crippen LogP contribution in [0.15, 0.2) is 18.2 Å². The number of ether oxygens (including phenoxy) is 1. The highest BCUT2D eigenvalue weighted by molar-refractivity contribution is 6.32. The number of carboxylic acids is 1. The van der Waals surface area contributed by atoms with Crippen molar-refractivity contribution in [2.75, 3.05) is 0 Å². The van der Waals surface area contributed by atoms with Crippen molar-refractivity contribution in [3.63, 3.8) is 0 Å². The lowest BCUT2D eigenvalue weighted by atomic mass is 10.0. The van der Waals surface area contributed by atoms with Crippen LogP contribution in [0.1, 0.15) is 31.2 Å². The van der Waals surface area contributed by atoms with Crippen LogP contribution in [-0.4, -0.2) is 17.2 Å². The van der Waals surface area contributed by atoms with Crippen LogP contribution in [0, 0.1) is 0 Å². The normalized spacial score (nSPS) is 16.9. The average Bonchev–Trinajstić information content (AvgIpc) is 3.03. The molecule has 0 saturated heterocycles. The van der Waals surface area contributed by atoms with Gasteiger partial charge in [0.2, 0.25) is 0 Å². The molecule has 1 unspecified atom stereocenters. The predicted octanol–water partition coefficient (Wildman–Crippen LogP) is 3.07. The van der Waals surface area contributed by atoms with Gasteiger partial charge in [0.05, 0.1) is 17.0 Å². The lowest BCUT2D eigenvalue weighted by molar-refractivity contribution is -0.138. The molecule has 1 aromatic carbocycles. The highest BCUT2D eigenvalue weighted by Gasteiger charge is 2.24. The molecule has 0 amide bonds. The van der Waals surface area contributed by atoms with Crippen molar-refractivity contribution in [2.45, 2.75) is 31.8 Å². The number of carboxylic acid groups (broad SMARTS) is 1. The lowest BCUT2D eigenvalue weighted by Crippen LogP contribution is -2.07. The molecule has 1 atom stereocenters. The van der Waals surface area contributed by atoms with Crippen molar-refractivity contribution < 1.29 is 14.6 Å². The number of hydrogen-bond acceptors (Lipinski definition) is 2. The van der Waals surface area contributed by atoms with E-state index in [1.54, 1.807) is 25.1 Å². The van der Waals surface area contributed by atoms with Crippen LogP contribution in [0.25, 0.3) is 0 Å². The molecule has 1 aromatic rings. The predicted molar refractivity (Wildman–Crippen MR) is 61.2 cm³/mol. The van der Waals surface area contributed by atoms with Crippen LogP contribution < -0.4 is 4.74 Å². The first-order valence-electron chi connectivity index (χ1n) is 5.27. The Labute approximate surface area is 99.0 Å². The van der Waals surface area contributed by atoms with Crippen molar-refractivity contribution in [3.8, 4) is 5.75 Å². The number of hydrogen-bond donors (Lipinski definition) is 1. The Morgan fingerprint density at radius 3 is 2.75 bits per heavy atom. The number of carbonyl (C=O) groups is 1. The molecule has 1 aliphatic carbocycles. The molecule has 0 spiro atoms. The fourth-order valence-electron chi connectivity index (χ4n) is 1.39. The van der Waals surface area contributed by atoms with Crippen molar-refractivity contribution in [1.29, 1.82) is 0 Å². The molecular weight excluding hydrogens is 228 g/mol. The van der Waals surface area contributed by atoms with E-state index >= 15 is 0 Å². The number of rotatable bonds is 4. The maximum absolute atomic E-state index is 10.8. The Morgan fingerprint density at radius 1 is 1.56 bits per heavy atom. The van der Waals surface area contributed by atoms with Crippen LogP contribution in [0.2, 0.25) is 5.02 Å². The second-order valence-corrected chi connectivity index (χ2v) is 4.47. The summed E-state index contributed by atoms with van der Waals surface area (Å²) in [7, 11) is 0. The average molecular weight is 241 g/mol. The molecule has 3 nitrogen and oxygen atoms in total. The minimum absolute atomic E-state index is 0.292. The molecule has 1 aliphatic rings. The maximum atomic E-state index is 10.8. The molecule has 86 valence electrons. The highest BCUT2D eigenvalue weighted by Crippen LogP contribution is 2.33. The summed E-state index contributed by atoms with van der Waals surface area (Å²) in [5.41, 5.74) is 0.695. The molecule has 16 heavy (non-hydrogen) atoms. The minimum Gasteiger partial charge on any atom is -0.489 e. The molecule has 0 heterocycles. The van der Waals surface area contributed by atoms with Gasteiger partial charge in [-0.3, -0.25) is 4.79 Å². The van der Waals surface area contributed by atoms with Gasteiger partial charge >= 0.3 is 5.97 Å². The number of benzene rings is 1. The Bertz CT molecular complexity index is 413. The number of halogens is 1. The first-order chi connectivity index (χ1) is 7.58. The van der Waals surface area contributed by atoms with Gasteiger partial charge in [-0.25, -0.2) is 0 Å². The molecule has 0 radical (unpaired) electrons. The SMILES string of the molecule is CC(C(=O)O)c1ccc(OC2CC2)c(Cl)c1. The third kappa shape index (κ3) is 2.47. The molecule has 2 rings (SSSR count). The summed E-state index contributed by atoms with van der Waals surface area (Å²) in [6.45, 7) is 1.63. The van der Waals surface area contributed by atoms with Crippen LogP contribution in [0.4, 0.5) is 0 Å². The largest absolute Gasteiger partial charge is 0.489 e. The van der Waals surface area contributed by atoms with Gasteiger partial charge in [0.25, 0.3) is 0 Å². The molecule has 4 heteroatoms. The van der Waals surface area contributed by atoms with Gasteiger partial charge in [-0.15, -0.1) is 0 Å². The summed E-state index contributed by atoms with van der Waals surface area (Å²) in [5, 5.41) is 9.36. The van der Waals surface area contributed by atoms with Crippen LogP contribution in [0.5, 0.6) is 5.75 Å². The van der Waals surface area contributed by atoms with E-state index in [0.29, 0.717) is 22.4 Å². The molecule has 0 aliphatic heterocycles. The summed E-state index contributed by atoms with van der Waals surface area (Å²) in [4.78, 5) is 10.8. The van der Waals surface area contributed by atoms with E-state index in [9.17, 15) is 4.79 Å². The van der Waals surface area contributed by atoms with E-state index in [1.165, 1.54) is 0 Å². The summed E-state index contributed by atoms with van der Waals surface area (Å²) >= 11 is 6.03. The Morgan fingerprint density at radius 2 is 2.25 bits per heavy atom. The zero-order valence-corrected chi connectivity index (χ0v) is 9.70. The monoisotopic (exact) mass is 240 g/mol.